The van der Waals surface area contributed by atoms with Gasteiger partial charge in [0, 0.05) is 63.3 Å². The maximum Gasteiger partial charge on any atom is 0.306 e. The summed E-state index contributed by atoms with van der Waals surface area (Å²) in [6.45, 7) is 9.48. The standard InChI is InChI=1S/C25H33N3O4S/c1-25(26-2)16-14-19(15-17-25)32-24(29)13-5-6-18-27-33(30,31)23-12-8-9-20-21(23)10-7-11-22(20)28(3)4/h7-12,19,27H,5-6,13-18H2,1,3-4H3. The van der Waals surface area contributed by atoms with E-state index in [0.717, 1.165) is 36.8 Å². The third-order valence-corrected chi connectivity index (χ3v) is 7.83. The van der Waals surface area contributed by atoms with Crippen LogP contribution in [0.15, 0.2) is 41.3 Å². The highest BCUT2D eigenvalue weighted by atomic mass is 32.2. The van der Waals surface area contributed by atoms with Crippen LogP contribution in [0.1, 0.15) is 51.9 Å². The van der Waals surface area contributed by atoms with E-state index in [1.54, 1.807) is 12.1 Å². The van der Waals surface area contributed by atoms with Gasteiger partial charge in [0.15, 0.2) is 0 Å². The number of nitrogens with zero attached hydrogens (tertiary/aromatic N) is 2. The number of unbranched alkanes of at least 4 members (excludes halogenated alkanes) is 1. The molecule has 0 aromatic heterocycles. The molecule has 3 rings (SSSR count). The van der Waals surface area contributed by atoms with Crippen LogP contribution in [0.25, 0.3) is 15.6 Å². The molecule has 0 saturated heterocycles. The van der Waals surface area contributed by atoms with E-state index < -0.39 is 10.0 Å². The molecule has 1 N–H and O–H groups in total. The highest BCUT2D eigenvalue weighted by Gasteiger charge is 2.37. The van der Waals surface area contributed by atoms with Crippen molar-refractivity contribution in [2.24, 2.45) is 0 Å². The van der Waals surface area contributed by atoms with Gasteiger partial charge < -0.3 is 14.5 Å². The van der Waals surface area contributed by atoms with Gasteiger partial charge in [0.05, 0.1) is 4.90 Å². The minimum Gasteiger partial charge on any atom is -0.462 e. The molecule has 33 heavy (non-hydrogen) atoms. The van der Waals surface area contributed by atoms with Gasteiger partial charge in [0.2, 0.25) is 15.6 Å². The summed E-state index contributed by atoms with van der Waals surface area (Å²) in [7, 11) is 0.182. The van der Waals surface area contributed by atoms with Crippen LogP contribution in [0.5, 0.6) is 0 Å². The molecule has 0 amide bonds. The third kappa shape index (κ3) is 6.24. The van der Waals surface area contributed by atoms with Crippen LogP contribution in [0.2, 0.25) is 0 Å². The first-order valence-corrected chi connectivity index (χ1v) is 12.9. The van der Waals surface area contributed by atoms with Crippen molar-refractivity contribution in [3.05, 3.63) is 47.8 Å². The number of fused-ring (bicyclic) bond motifs is 1. The fourth-order valence-corrected chi connectivity index (χ4v) is 5.55. The second-order valence-corrected chi connectivity index (χ2v) is 10.9. The number of hydrogen-bond acceptors (Lipinski definition) is 5. The van der Waals surface area contributed by atoms with Crippen molar-refractivity contribution in [1.29, 1.82) is 0 Å². The smallest absolute Gasteiger partial charge is 0.306 e. The normalized spacial score (nSPS) is 20.8. The maximum absolute atomic E-state index is 12.9. The third-order valence-electron chi connectivity index (χ3n) is 6.31. The minimum atomic E-state index is -3.68. The van der Waals surface area contributed by atoms with Crippen LogP contribution in [0.3, 0.4) is 0 Å². The van der Waals surface area contributed by atoms with Gasteiger partial charge in [-0.3, -0.25) is 4.79 Å². The molecular weight excluding hydrogens is 438 g/mol. The van der Waals surface area contributed by atoms with E-state index in [9.17, 15) is 13.2 Å². The quantitative estimate of drug-likeness (QED) is 0.330. The number of anilines is 1. The first-order chi connectivity index (χ1) is 15.6. The largest absolute Gasteiger partial charge is 0.462 e. The zero-order valence-electron chi connectivity index (χ0n) is 19.6. The SMILES string of the molecule is [C-]#[N+]C1(C)CCC(OC(=O)CCCCNS(=O)(=O)c2cccc3c(N(C)C)cccc23)CC1. The Hall–Kier alpha value is -2.63. The summed E-state index contributed by atoms with van der Waals surface area (Å²) < 4.78 is 34.1. The Morgan fingerprint density at radius 1 is 1.15 bits per heavy atom. The maximum atomic E-state index is 12.9. The average Bonchev–Trinajstić information content (AvgIpc) is 2.79. The van der Waals surface area contributed by atoms with Crippen LogP contribution < -0.4 is 9.62 Å². The zero-order valence-corrected chi connectivity index (χ0v) is 20.5. The van der Waals surface area contributed by atoms with Gasteiger partial charge in [0.25, 0.3) is 0 Å². The molecule has 1 aliphatic carbocycles. The molecule has 0 unspecified atom stereocenters. The molecule has 0 aliphatic heterocycles. The Morgan fingerprint density at radius 3 is 2.48 bits per heavy atom. The Bertz CT molecular complexity index is 1130. The molecule has 1 saturated carbocycles. The van der Waals surface area contributed by atoms with Crippen molar-refractivity contribution < 1.29 is 17.9 Å². The number of carbonyl (C=O) groups excluding carboxylic acids is 1. The summed E-state index contributed by atoms with van der Waals surface area (Å²) in [5.74, 6) is -0.250. The van der Waals surface area contributed by atoms with E-state index in [-0.39, 0.29) is 35.5 Å². The Morgan fingerprint density at radius 2 is 1.82 bits per heavy atom. The van der Waals surface area contributed by atoms with Crippen molar-refractivity contribution in [3.63, 3.8) is 0 Å². The van der Waals surface area contributed by atoms with Gasteiger partial charge in [-0.2, -0.15) is 0 Å². The molecule has 0 bridgehead atoms. The van der Waals surface area contributed by atoms with Crippen molar-refractivity contribution in [2.45, 2.75) is 68.4 Å². The lowest BCUT2D eigenvalue weighted by molar-refractivity contribution is -0.151. The molecule has 0 atom stereocenters. The number of esters is 1. The van der Waals surface area contributed by atoms with E-state index in [0.29, 0.717) is 18.2 Å². The molecule has 1 fully saturated rings. The molecule has 0 radical (unpaired) electrons. The van der Waals surface area contributed by atoms with Crippen molar-refractivity contribution in [1.82, 2.24) is 4.72 Å². The number of ether oxygens (including phenoxy) is 1. The summed E-state index contributed by atoms with van der Waals surface area (Å²) in [4.78, 5) is 18.0. The van der Waals surface area contributed by atoms with Gasteiger partial charge in [-0.05, 0) is 37.8 Å². The molecule has 2 aromatic rings. The number of nitrogens with one attached hydrogen (secondary N) is 1. The lowest BCUT2D eigenvalue weighted by atomic mass is 9.82. The fraction of sp³-hybridized carbons (Fsp3) is 0.520. The number of benzene rings is 2. The van der Waals surface area contributed by atoms with Crippen LogP contribution in [0.4, 0.5) is 5.69 Å². The Kier molecular flexibility index (Phi) is 7.98. The topological polar surface area (TPSA) is 80.1 Å². The monoisotopic (exact) mass is 471 g/mol. The first kappa shape index (κ1) is 25.0. The summed E-state index contributed by atoms with van der Waals surface area (Å²) in [5.41, 5.74) is 0.637. The van der Waals surface area contributed by atoms with Gasteiger partial charge in [0.1, 0.15) is 6.10 Å². The molecule has 7 nitrogen and oxygen atoms in total. The van der Waals surface area contributed by atoms with E-state index in [2.05, 4.69) is 9.57 Å². The molecular formula is C25H33N3O4S. The number of sulfonamides is 1. The molecule has 2 aromatic carbocycles. The summed E-state index contributed by atoms with van der Waals surface area (Å²) >= 11 is 0. The summed E-state index contributed by atoms with van der Waals surface area (Å²) in [6, 6.07) is 10.9. The molecule has 8 heteroatoms. The Labute approximate surface area is 197 Å². The number of carbonyl (C=O) groups is 1. The molecule has 1 aliphatic rings. The predicted octanol–water partition coefficient (Wildman–Crippen LogP) is 4.52. The summed E-state index contributed by atoms with van der Waals surface area (Å²) in [5, 5.41) is 1.56. The summed E-state index contributed by atoms with van der Waals surface area (Å²) in [6.07, 6.45) is 4.20. The lowest BCUT2D eigenvalue weighted by Crippen LogP contribution is -2.32. The highest BCUT2D eigenvalue weighted by molar-refractivity contribution is 7.89. The lowest BCUT2D eigenvalue weighted by Gasteiger charge is -2.28. The molecule has 0 heterocycles. The van der Waals surface area contributed by atoms with Gasteiger partial charge in [-0.1, -0.05) is 24.3 Å². The van der Waals surface area contributed by atoms with Gasteiger partial charge in [-0.25, -0.2) is 19.7 Å². The number of hydrogen-bond donors (Lipinski definition) is 1. The first-order valence-electron chi connectivity index (χ1n) is 11.4. The van der Waals surface area contributed by atoms with E-state index in [1.165, 1.54) is 0 Å². The van der Waals surface area contributed by atoms with E-state index in [1.807, 2.05) is 50.2 Å². The fourth-order valence-electron chi connectivity index (χ4n) is 4.26. The second-order valence-electron chi connectivity index (χ2n) is 9.18. The van der Waals surface area contributed by atoms with Gasteiger partial charge >= 0.3 is 5.97 Å². The van der Waals surface area contributed by atoms with Crippen LogP contribution in [0, 0.1) is 6.57 Å². The second kappa shape index (κ2) is 10.5. The van der Waals surface area contributed by atoms with Crippen molar-refractivity contribution in [2.75, 3.05) is 25.5 Å². The predicted molar refractivity (Wildman–Crippen MR) is 131 cm³/mol. The van der Waals surface area contributed by atoms with Crippen molar-refractivity contribution in [3.8, 4) is 0 Å². The Balaban J connectivity index is 1.48. The van der Waals surface area contributed by atoms with Crippen LogP contribution >= 0.6 is 0 Å². The molecule has 0 spiro atoms. The van der Waals surface area contributed by atoms with Crippen molar-refractivity contribution >= 4 is 32.5 Å². The van der Waals surface area contributed by atoms with Gasteiger partial charge in [-0.15, -0.1) is 0 Å². The van der Waals surface area contributed by atoms with E-state index >= 15 is 0 Å². The molecule has 178 valence electrons. The zero-order chi connectivity index (χ0) is 24.1. The minimum absolute atomic E-state index is 0.107. The number of rotatable bonds is 9. The van der Waals surface area contributed by atoms with Crippen LogP contribution in [-0.4, -0.2) is 46.7 Å². The van der Waals surface area contributed by atoms with Crippen LogP contribution in [-0.2, 0) is 19.6 Å². The average molecular weight is 472 g/mol. The van der Waals surface area contributed by atoms with E-state index in [4.69, 9.17) is 11.3 Å². The highest BCUT2D eigenvalue weighted by Crippen LogP contribution is 2.33.